The molecule has 0 heterocycles. The largest absolute Gasteiger partial charge is 0.497 e. The number of anilines is 2. The van der Waals surface area contributed by atoms with Crippen molar-refractivity contribution in [1.29, 1.82) is 5.26 Å². The monoisotopic (exact) mass is 479 g/mol. The Labute approximate surface area is 200 Å². The second kappa shape index (κ2) is 11.5. The van der Waals surface area contributed by atoms with Crippen molar-refractivity contribution < 1.29 is 23.5 Å². The first-order valence-corrected chi connectivity index (χ1v) is 10.3. The molecule has 0 unspecified atom stereocenters. The molecule has 0 spiro atoms. The Morgan fingerprint density at radius 1 is 1.09 bits per heavy atom. The van der Waals surface area contributed by atoms with Gasteiger partial charge in [0.25, 0.3) is 11.8 Å². The van der Waals surface area contributed by atoms with Gasteiger partial charge < -0.3 is 20.1 Å². The molecule has 0 fully saturated rings. The van der Waals surface area contributed by atoms with Crippen LogP contribution in [0.15, 0.2) is 72.3 Å². The third-order valence-electron chi connectivity index (χ3n) is 4.49. The van der Waals surface area contributed by atoms with Gasteiger partial charge in [-0.15, -0.1) is 0 Å². The lowest BCUT2D eigenvalue weighted by molar-refractivity contribution is -0.118. The summed E-state index contributed by atoms with van der Waals surface area (Å²) in [6, 6.07) is 18.7. The fourth-order valence-corrected chi connectivity index (χ4v) is 3.01. The SMILES string of the molecule is COc1ccc(NC(=O)/C(C#N)=C\c2cc(Cl)ccc2OCC(=O)Nc2ccccc2F)cc1. The number of benzene rings is 3. The maximum atomic E-state index is 13.7. The predicted octanol–water partition coefficient (Wildman–Crippen LogP) is 5.05. The summed E-state index contributed by atoms with van der Waals surface area (Å²) >= 11 is 6.07. The number of nitrogens with one attached hydrogen (secondary N) is 2. The van der Waals surface area contributed by atoms with Crippen molar-refractivity contribution in [3.05, 3.63) is 88.7 Å². The molecule has 0 bridgehead atoms. The summed E-state index contributed by atoms with van der Waals surface area (Å²) in [7, 11) is 1.53. The van der Waals surface area contributed by atoms with E-state index in [0.717, 1.165) is 0 Å². The topological polar surface area (TPSA) is 100 Å². The molecule has 0 saturated heterocycles. The van der Waals surface area contributed by atoms with E-state index >= 15 is 0 Å². The molecule has 9 heteroatoms. The summed E-state index contributed by atoms with van der Waals surface area (Å²) in [4.78, 5) is 24.8. The van der Waals surface area contributed by atoms with Gasteiger partial charge in [-0.2, -0.15) is 5.26 Å². The van der Waals surface area contributed by atoms with E-state index in [2.05, 4.69) is 10.6 Å². The molecule has 34 heavy (non-hydrogen) atoms. The predicted molar refractivity (Wildman–Crippen MR) is 127 cm³/mol. The Bertz CT molecular complexity index is 1270. The molecule has 2 N–H and O–H groups in total. The van der Waals surface area contributed by atoms with Gasteiger partial charge in [0, 0.05) is 16.3 Å². The number of nitriles is 1. The molecule has 0 radical (unpaired) electrons. The molecule has 0 aliphatic carbocycles. The molecule has 3 rings (SSSR count). The van der Waals surface area contributed by atoms with Gasteiger partial charge in [-0.25, -0.2) is 4.39 Å². The number of amides is 2. The zero-order valence-electron chi connectivity index (χ0n) is 18.0. The number of para-hydroxylation sites is 1. The van der Waals surface area contributed by atoms with Gasteiger partial charge in [-0.3, -0.25) is 9.59 Å². The van der Waals surface area contributed by atoms with Crippen LogP contribution in [0.2, 0.25) is 5.02 Å². The van der Waals surface area contributed by atoms with E-state index in [4.69, 9.17) is 21.1 Å². The first-order chi connectivity index (χ1) is 16.4. The van der Waals surface area contributed by atoms with Gasteiger partial charge in [-0.05, 0) is 60.7 Å². The summed E-state index contributed by atoms with van der Waals surface area (Å²) in [5.41, 5.74) is 0.597. The van der Waals surface area contributed by atoms with Crippen LogP contribution in [0.5, 0.6) is 11.5 Å². The highest BCUT2D eigenvalue weighted by atomic mass is 35.5. The first kappa shape index (κ1) is 24.3. The molecule has 3 aromatic carbocycles. The van der Waals surface area contributed by atoms with Gasteiger partial charge >= 0.3 is 0 Å². The van der Waals surface area contributed by atoms with Gasteiger partial charge in [0.05, 0.1) is 12.8 Å². The Kier molecular flexibility index (Phi) is 8.21. The fourth-order valence-electron chi connectivity index (χ4n) is 2.83. The zero-order valence-corrected chi connectivity index (χ0v) is 18.7. The fraction of sp³-hybridized carbons (Fsp3) is 0.0800. The molecule has 0 aromatic heterocycles. The second-order valence-electron chi connectivity index (χ2n) is 6.85. The van der Waals surface area contributed by atoms with Crippen LogP contribution in [0.1, 0.15) is 5.56 Å². The molecule has 0 saturated carbocycles. The van der Waals surface area contributed by atoms with E-state index in [0.29, 0.717) is 22.0 Å². The lowest BCUT2D eigenvalue weighted by Gasteiger charge is -2.11. The number of hydrogen-bond donors (Lipinski definition) is 2. The maximum absolute atomic E-state index is 13.7. The number of halogens is 2. The minimum atomic E-state index is -0.643. The van der Waals surface area contributed by atoms with Gasteiger partial charge in [0.15, 0.2) is 6.61 Å². The minimum Gasteiger partial charge on any atom is -0.497 e. The number of rotatable bonds is 8. The van der Waals surface area contributed by atoms with Crippen molar-refractivity contribution in [1.82, 2.24) is 0 Å². The summed E-state index contributed by atoms with van der Waals surface area (Å²) in [5.74, 6) is -0.983. The van der Waals surface area contributed by atoms with Crippen LogP contribution in [-0.4, -0.2) is 25.5 Å². The van der Waals surface area contributed by atoms with Crippen LogP contribution in [0.4, 0.5) is 15.8 Å². The Balaban J connectivity index is 1.74. The summed E-state index contributed by atoms with van der Waals surface area (Å²) in [6.45, 7) is -0.434. The molecule has 2 amide bonds. The Morgan fingerprint density at radius 2 is 1.82 bits per heavy atom. The van der Waals surface area contributed by atoms with E-state index in [9.17, 15) is 19.2 Å². The van der Waals surface area contributed by atoms with E-state index in [1.807, 2.05) is 6.07 Å². The van der Waals surface area contributed by atoms with Crippen LogP contribution in [0.25, 0.3) is 6.08 Å². The average Bonchev–Trinajstić information content (AvgIpc) is 2.83. The quantitative estimate of drug-likeness (QED) is 0.348. The molecule has 0 aliphatic heterocycles. The third kappa shape index (κ3) is 6.58. The van der Waals surface area contributed by atoms with Crippen molar-refractivity contribution in [3.63, 3.8) is 0 Å². The lowest BCUT2D eigenvalue weighted by atomic mass is 10.1. The second-order valence-corrected chi connectivity index (χ2v) is 7.29. The van der Waals surface area contributed by atoms with Crippen molar-refractivity contribution >= 4 is 40.9 Å². The van der Waals surface area contributed by atoms with Crippen molar-refractivity contribution in [2.45, 2.75) is 0 Å². The standard InChI is InChI=1S/C25H19ClFN3O4/c1-33-20-9-7-19(8-10-20)29-25(32)17(14-28)12-16-13-18(26)6-11-23(16)34-15-24(31)30-22-5-3-2-4-21(22)27/h2-13H,15H2,1H3,(H,29,32)(H,30,31)/b17-12-. The van der Waals surface area contributed by atoms with Crippen LogP contribution >= 0.6 is 11.6 Å². The molecule has 7 nitrogen and oxygen atoms in total. The van der Waals surface area contributed by atoms with Crippen molar-refractivity contribution in [2.75, 3.05) is 24.4 Å². The highest BCUT2D eigenvalue weighted by Gasteiger charge is 2.14. The molecule has 172 valence electrons. The normalized spacial score (nSPS) is 10.7. The maximum Gasteiger partial charge on any atom is 0.266 e. The van der Waals surface area contributed by atoms with Crippen LogP contribution in [0.3, 0.4) is 0 Å². The number of methoxy groups -OCH3 is 1. The van der Waals surface area contributed by atoms with Crippen molar-refractivity contribution in [2.24, 2.45) is 0 Å². The number of carbonyl (C=O) groups is 2. The van der Waals surface area contributed by atoms with Crippen LogP contribution in [-0.2, 0) is 9.59 Å². The summed E-state index contributed by atoms with van der Waals surface area (Å²) < 4.78 is 24.3. The van der Waals surface area contributed by atoms with Crippen LogP contribution in [0, 0.1) is 17.1 Å². The third-order valence-corrected chi connectivity index (χ3v) is 4.73. The Hall–Kier alpha value is -4.35. The molecule has 0 atom stereocenters. The number of nitrogens with zero attached hydrogens (tertiary/aromatic N) is 1. The van der Waals surface area contributed by atoms with Gasteiger partial charge in [0.2, 0.25) is 0 Å². The average molecular weight is 480 g/mol. The van der Waals surface area contributed by atoms with E-state index in [1.54, 1.807) is 30.3 Å². The Morgan fingerprint density at radius 3 is 2.50 bits per heavy atom. The van der Waals surface area contributed by atoms with E-state index in [1.165, 1.54) is 49.6 Å². The first-order valence-electron chi connectivity index (χ1n) is 9.93. The van der Waals surface area contributed by atoms with E-state index in [-0.39, 0.29) is 17.0 Å². The summed E-state index contributed by atoms with van der Waals surface area (Å²) in [6.07, 6.45) is 1.30. The van der Waals surface area contributed by atoms with Gasteiger partial charge in [0.1, 0.15) is 29.0 Å². The minimum absolute atomic E-state index is 0.0225. The molecule has 0 aliphatic rings. The van der Waals surface area contributed by atoms with Crippen molar-refractivity contribution in [3.8, 4) is 17.6 Å². The summed E-state index contributed by atoms with van der Waals surface area (Å²) in [5, 5.41) is 14.9. The highest BCUT2D eigenvalue weighted by Crippen LogP contribution is 2.26. The van der Waals surface area contributed by atoms with Crippen LogP contribution < -0.4 is 20.1 Å². The highest BCUT2D eigenvalue weighted by molar-refractivity contribution is 6.30. The number of hydrogen-bond acceptors (Lipinski definition) is 5. The van der Waals surface area contributed by atoms with E-state index < -0.39 is 24.2 Å². The molecule has 3 aromatic rings. The smallest absolute Gasteiger partial charge is 0.266 e. The molecular weight excluding hydrogens is 461 g/mol. The number of ether oxygens (including phenoxy) is 2. The zero-order chi connectivity index (χ0) is 24.5. The van der Waals surface area contributed by atoms with Gasteiger partial charge in [-0.1, -0.05) is 23.7 Å². The lowest BCUT2D eigenvalue weighted by Crippen LogP contribution is -2.21. The molecular formula is C25H19ClFN3O4. The number of carbonyl (C=O) groups excluding carboxylic acids is 2.